The van der Waals surface area contributed by atoms with E-state index in [1.54, 1.807) is 6.07 Å². The fourth-order valence-electron chi connectivity index (χ4n) is 2.75. The molecule has 0 aliphatic carbocycles. The Bertz CT molecular complexity index is 964. The summed E-state index contributed by atoms with van der Waals surface area (Å²) in [6.07, 6.45) is 0. The number of para-hydroxylation sites is 2. The molecule has 0 bridgehead atoms. The summed E-state index contributed by atoms with van der Waals surface area (Å²) < 4.78 is 1.86. The van der Waals surface area contributed by atoms with Crippen LogP contribution in [0.4, 0.5) is 11.4 Å². The van der Waals surface area contributed by atoms with Crippen molar-refractivity contribution in [2.24, 2.45) is 0 Å². The zero-order valence-corrected chi connectivity index (χ0v) is 14.5. The fraction of sp³-hybridized carbons (Fsp3) is 0.222. The van der Waals surface area contributed by atoms with Gasteiger partial charge in [0.2, 0.25) is 5.91 Å². The Hall–Kier alpha value is -3.26. The number of imidazole rings is 1. The predicted octanol–water partition coefficient (Wildman–Crippen LogP) is 2.64. The molecule has 0 spiro atoms. The van der Waals surface area contributed by atoms with Crippen molar-refractivity contribution in [2.75, 3.05) is 19.4 Å². The van der Waals surface area contributed by atoms with E-state index < -0.39 is 4.92 Å². The normalized spacial score (nSPS) is 11.0. The summed E-state index contributed by atoms with van der Waals surface area (Å²) in [7, 11) is 3.87. The van der Waals surface area contributed by atoms with Gasteiger partial charge in [-0.2, -0.15) is 0 Å². The summed E-state index contributed by atoms with van der Waals surface area (Å²) in [6.45, 7) is 0.672. The van der Waals surface area contributed by atoms with Crippen LogP contribution >= 0.6 is 0 Å². The Kier molecular flexibility index (Phi) is 4.94. The maximum Gasteiger partial charge on any atom is 0.271 e. The number of rotatable bonds is 6. The van der Waals surface area contributed by atoms with Gasteiger partial charge in [-0.25, -0.2) is 4.98 Å². The van der Waals surface area contributed by atoms with Gasteiger partial charge in [0.1, 0.15) is 12.4 Å². The molecule has 0 aliphatic heterocycles. The lowest BCUT2D eigenvalue weighted by molar-refractivity contribution is -0.384. The second-order valence-corrected chi connectivity index (χ2v) is 6.20. The second-order valence-electron chi connectivity index (χ2n) is 6.20. The van der Waals surface area contributed by atoms with Gasteiger partial charge in [0.05, 0.1) is 22.5 Å². The molecule has 8 heteroatoms. The van der Waals surface area contributed by atoms with E-state index in [1.807, 2.05) is 47.8 Å². The number of carbonyl (C=O) groups excluding carboxylic acids is 1. The Balaban J connectivity index is 1.85. The molecule has 0 saturated heterocycles. The molecule has 0 radical (unpaired) electrons. The van der Waals surface area contributed by atoms with Gasteiger partial charge in [-0.15, -0.1) is 0 Å². The number of benzene rings is 2. The lowest BCUT2D eigenvalue weighted by atomic mass is 10.3. The molecular formula is C18H19N5O3. The number of nitro benzene ring substituents is 1. The highest BCUT2D eigenvalue weighted by molar-refractivity contribution is 5.92. The molecule has 1 amide bonds. The van der Waals surface area contributed by atoms with Gasteiger partial charge in [0.25, 0.3) is 5.69 Å². The minimum absolute atomic E-state index is 0.0656. The van der Waals surface area contributed by atoms with Crippen LogP contribution in [0.25, 0.3) is 11.0 Å². The van der Waals surface area contributed by atoms with Gasteiger partial charge in [-0.1, -0.05) is 18.2 Å². The standard InChI is InChI=1S/C18H19N5O3/c1-21(2)11-17-20-15-8-3-4-9-16(15)22(17)12-18(24)19-13-6-5-7-14(10-13)23(25)26/h3-10H,11-12H2,1-2H3,(H,19,24). The van der Waals surface area contributed by atoms with Crippen LogP contribution in [0.3, 0.4) is 0 Å². The quantitative estimate of drug-likeness (QED) is 0.543. The SMILES string of the molecule is CN(C)Cc1nc2ccccc2n1CC(=O)Nc1cccc([N+](=O)[O-])c1. The first-order valence-electron chi connectivity index (χ1n) is 8.07. The highest BCUT2D eigenvalue weighted by Gasteiger charge is 2.15. The summed E-state index contributed by atoms with van der Waals surface area (Å²) in [5, 5.41) is 13.6. The van der Waals surface area contributed by atoms with Gasteiger partial charge >= 0.3 is 0 Å². The molecule has 0 saturated carbocycles. The molecule has 1 N–H and O–H groups in total. The maximum atomic E-state index is 12.5. The molecule has 26 heavy (non-hydrogen) atoms. The maximum absolute atomic E-state index is 12.5. The van der Waals surface area contributed by atoms with E-state index in [-0.39, 0.29) is 18.1 Å². The monoisotopic (exact) mass is 353 g/mol. The summed E-state index contributed by atoms with van der Waals surface area (Å²) in [4.78, 5) is 29.5. The number of hydrogen-bond donors (Lipinski definition) is 1. The van der Waals surface area contributed by atoms with E-state index >= 15 is 0 Å². The molecular weight excluding hydrogens is 334 g/mol. The van der Waals surface area contributed by atoms with Crippen LogP contribution < -0.4 is 5.32 Å². The number of anilines is 1. The van der Waals surface area contributed by atoms with Crippen molar-refractivity contribution < 1.29 is 9.72 Å². The number of amides is 1. The van der Waals surface area contributed by atoms with Crippen molar-refractivity contribution in [2.45, 2.75) is 13.1 Å². The van der Waals surface area contributed by atoms with E-state index in [0.717, 1.165) is 16.9 Å². The number of nitrogens with one attached hydrogen (secondary N) is 1. The van der Waals surface area contributed by atoms with Crippen LogP contribution in [-0.2, 0) is 17.9 Å². The van der Waals surface area contributed by atoms with Crippen molar-refractivity contribution in [1.29, 1.82) is 0 Å². The highest BCUT2D eigenvalue weighted by Crippen LogP contribution is 2.19. The molecule has 8 nitrogen and oxygen atoms in total. The first-order chi connectivity index (χ1) is 12.4. The number of non-ortho nitro benzene ring substituents is 1. The minimum Gasteiger partial charge on any atom is -0.324 e. The number of fused-ring (bicyclic) bond motifs is 1. The smallest absolute Gasteiger partial charge is 0.271 e. The van der Waals surface area contributed by atoms with Crippen molar-refractivity contribution in [3.63, 3.8) is 0 Å². The van der Waals surface area contributed by atoms with Gasteiger partial charge in [0, 0.05) is 17.8 Å². The molecule has 1 heterocycles. The Labute approximate surface area is 150 Å². The third-order valence-corrected chi connectivity index (χ3v) is 3.83. The zero-order valence-electron chi connectivity index (χ0n) is 14.5. The molecule has 1 aromatic heterocycles. The van der Waals surface area contributed by atoms with Crippen LogP contribution in [0.2, 0.25) is 0 Å². The first-order valence-corrected chi connectivity index (χ1v) is 8.07. The van der Waals surface area contributed by atoms with Crippen LogP contribution in [0.1, 0.15) is 5.82 Å². The second kappa shape index (κ2) is 7.32. The van der Waals surface area contributed by atoms with Crippen molar-refractivity contribution >= 4 is 28.3 Å². The Morgan fingerprint density at radius 3 is 2.73 bits per heavy atom. The number of hydrogen-bond acceptors (Lipinski definition) is 5. The number of nitro groups is 1. The molecule has 0 aliphatic rings. The Morgan fingerprint density at radius 1 is 1.23 bits per heavy atom. The van der Waals surface area contributed by atoms with Crippen molar-refractivity contribution in [3.05, 3.63) is 64.5 Å². The van der Waals surface area contributed by atoms with E-state index in [9.17, 15) is 14.9 Å². The molecule has 3 rings (SSSR count). The molecule has 134 valence electrons. The number of nitrogens with zero attached hydrogens (tertiary/aromatic N) is 4. The van der Waals surface area contributed by atoms with Crippen LogP contribution in [0, 0.1) is 10.1 Å². The number of aromatic nitrogens is 2. The lowest BCUT2D eigenvalue weighted by Gasteiger charge is -2.13. The summed E-state index contributed by atoms with van der Waals surface area (Å²) >= 11 is 0. The van der Waals surface area contributed by atoms with Crippen molar-refractivity contribution in [3.8, 4) is 0 Å². The van der Waals surface area contributed by atoms with E-state index in [1.165, 1.54) is 18.2 Å². The minimum atomic E-state index is -0.492. The van der Waals surface area contributed by atoms with Crippen molar-refractivity contribution in [1.82, 2.24) is 14.5 Å². The van der Waals surface area contributed by atoms with Crippen LogP contribution in [0.15, 0.2) is 48.5 Å². The van der Waals surface area contributed by atoms with Gasteiger partial charge in [-0.05, 0) is 32.3 Å². The van der Waals surface area contributed by atoms with E-state index in [0.29, 0.717) is 12.2 Å². The third-order valence-electron chi connectivity index (χ3n) is 3.83. The predicted molar refractivity (Wildman–Crippen MR) is 98.9 cm³/mol. The van der Waals surface area contributed by atoms with E-state index in [4.69, 9.17) is 0 Å². The topological polar surface area (TPSA) is 93.3 Å². The average molecular weight is 353 g/mol. The van der Waals surface area contributed by atoms with Gasteiger partial charge in [0.15, 0.2) is 0 Å². The lowest BCUT2D eigenvalue weighted by Crippen LogP contribution is -2.22. The van der Waals surface area contributed by atoms with Crippen LogP contribution in [-0.4, -0.2) is 39.4 Å². The summed E-state index contributed by atoms with van der Waals surface area (Å²) in [6, 6.07) is 13.5. The third kappa shape index (κ3) is 3.86. The van der Waals surface area contributed by atoms with Gasteiger partial charge in [-0.3, -0.25) is 14.9 Å². The summed E-state index contributed by atoms with van der Waals surface area (Å²) in [5.74, 6) is 0.513. The zero-order chi connectivity index (χ0) is 18.7. The molecule has 0 unspecified atom stereocenters. The highest BCUT2D eigenvalue weighted by atomic mass is 16.6. The van der Waals surface area contributed by atoms with Gasteiger partial charge < -0.3 is 14.8 Å². The average Bonchev–Trinajstić information content (AvgIpc) is 2.91. The molecule has 0 atom stereocenters. The fourth-order valence-corrected chi connectivity index (χ4v) is 2.75. The van der Waals surface area contributed by atoms with E-state index in [2.05, 4.69) is 10.3 Å². The largest absolute Gasteiger partial charge is 0.324 e. The Morgan fingerprint density at radius 2 is 2.00 bits per heavy atom. The molecule has 2 aromatic carbocycles. The molecule has 3 aromatic rings. The molecule has 0 fully saturated rings. The van der Waals surface area contributed by atoms with Crippen LogP contribution in [0.5, 0.6) is 0 Å². The number of carbonyl (C=O) groups is 1. The summed E-state index contributed by atoms with van der Waals surface area (Å²) in [5.41, 5.74) is 2.03. The first kappa shape index (κ1) is 17.6.